The number of amides is 1. The van der Waals surface area contributed by atoms with Crippen molar-refractivity contribution in [2.75, 3.05) is 0 Å². The molecule has 0 saturated carbocycles. The van der Waals surface area contributed by atoms with Crippen LogP contribution < -0.4 is 5.73 Å². The summed E-state index contributed by atoms with van der Waals surface area (Å²) >= 11 is 0. The first-order valence-corrected chi connectivity index (χ1v) is 3.85. The Morgan fingerprint density at radius 3 is 2.85 bits per heavy atom. The van der Waals surface area contributed by atoms with Crippen molar-refractivity contribution < 1.29 is 4.79 Å². The molecule has 4 nitrogen and oxygen atoms in total. The van der Waals surface area contributed by atoms with E-state index in [1.54, 1.807) is 18.3 Å². The Balaban J connectivity index is 2.71. The Kier molecular flexibility index (Phi) is 2.98. The van der Waals surface area contributed by atoms with Gasteiger partial charge in [-0.2, -0.15) is 5.26 Å². The number of pyridine rings is 1. The lowest BCUT2D eigenvalue weighted by atomic mass is 10.1. The molecule has 0 aliphatic carbocycles. The van der Waals surface area contributed by atoms with Crippen molar-refractivity contribution in [3.63, 3.8) is 0 Å². The lowest BCUT2D eigenvalue weighted by Gasteiger charge is -1.97. The number of nitrogens with two attached hydrogens (primary N) is 1. The van der Waals surface area contributed by atoms with E-state index in [2.05, 4.69) is 4.98 Å². The second-order valence-corrected chi connectivity index (χ2v) is 2.57. The molecule has 1 heterocycles. The van der Waals surface area contributed by atoms with Crippen LogP contribution in [-0.2, 0) is 6.42 Å². The monoisotopic (exact) mass is 175 g/mol. The number of nitriles is 1. The summed E-state index contributed by atoms with van der Waals surface area (Å²) < 4.78 is 0. The Morgan fingerprint density at radius 2 is 2.38 bits per heavy atom. The van der Waals surface area contributed by atoms with Gasteiger partial charge in [0.1, 0.15) is 5.69 Å². The molecule has 0 saturated heterocycles. The molecule has 1 aromatic heterocycles. The first kappa shape index (κ1) is 9.20. The van der Waals surface area contributed by atoms with Gasteiger partial charge in [-0.1, -0.05) is 6.07 Å². The van der Waals surface area contributed by atoms with E-state index in [1.165, 1.54) is 0 Å². The summed E-state index contributed by atoms with van der Waals surface area (Å²) in [4.78, 5) is 14.5. The van der Waals surface area contributed by atoms with Gasteiger partial charge >= 0.3 is 0 Å². The summed E-state index contributed by atoms with van der Waals surface area (Å²) in [5, 5.41) is 8.33. The molecule has 0 atom stereocenters. The molecule has 4 heteroatoms. The van der Waals surface area contributed by atoms with Crippen LogP contribution >= 0.6 is 0 Å². The SMILES string of the molecule is N#CCCc1ccc(C(N)=O)nc1. The van der Waals surface area contributed by atoms with Crippen LogP contribution in [0.15, 0.2) is 18.3 Å². The van der Waals surface area contributed by atoms with Gasteiger partial charge < -0.3 is 5.73 Å². The molecule has 0 aliphatic heterocycles. The lowest BCUT2D eigenvalue weighted by molar-refractivity contribution is 0.0995. The van der Waals surface area contributed by atoms with Gasteiger partial charge in [0, 0.05) is 12.6 Å². The second kappa shape index (κ2) is 4.21. The average Bonchev–Trinajstić information content (AvgIpc) is 2.15. The second-order valence-electron chi connectivity index (χ2n) is 2.57. The normalized spacial score (nSPS) is 9.15. The van der Waals surface area contributed by atoms with Crippen LogP contribution in [-0.4, -0.2) is 10.9 Å². The maximum atomic E-state index is 10.6. The number of hydrogen-bond donors (Lipinski definition) is 1. The van der Waals surface area contributed by atoms with Crippen molar-refractivity contribution in [1.29, 1.82) is 5.26 Å². The maximum Gasteiger partial charge on any atom is 0.267 e. The average molecular weight is 175 g/mol. The van der Waals surface area contributed by atoms with E-state index in [-0.39, 0.29) is 5.69 Å². The van der Waals surface area contributed by atoms with Crippen molar-refractivity contribution in [3.05, 3.63) is 29.6 Å². The topological polar surface area (TPSA) is 79.8 Å². The molecule has 66 valence electrons. The van der Waals surface area contributed by atoms with Crippen molar-refractivity contribution >= 4 is 5.91 Å². The molecule has 1 aromatic rings. The highest BCUT2D eigenvalue weighted by atomic mass is 16.1. The number of aryl methyl sites for hydroxylation is 1. The third-order valence-electron chi connectivity index (χ3n) is 1.60. The molecule has 13 heavy (non-hydrogen) atoms. The van der Waals surface area contributed by atoms with Crippen LogP contribution in [0.1, 0.15) is 22.5 Å². The highest BCUT2D eigenvalue weighted by molar-refractivity contribution is 5.90. The molecule has 0 radical (unpaired) electrons. The number of nitrogens with zero attached hydrogens (tertiary/aromatic N) is 2. The van der Waals surface area contributed by atoms with E-state index in [1.807, 2.05) is 6.07 Å². The van der Waals surface area contributed by atoms with Gasteiger partial charge in [0.05, 0.1) is 6.07 Å². The van der Waals surface area contributed by atoms with Gasteiger partial charge in [-0.05, 0) is 18.1 Å². The predicted octanol–water partition coefficient (Wildman–Crippen LogP) is 0.637. The molecule has 0 unspecified atom stereocenters. The van der Waals surface area contributed by atoms with Gasteiger partial charge in [0.2, 0.25) is 0 Å². The summed E-state index contributed by atoms with van der Waals surface area (Å²) in [5.41, 5.74) is 6.20. The minimum Gasteiger partial charge on any atom is -0.364 e. The lowest BCUT2D eigenvalue weighted by Crippen LogP contribution is -2.12. The molecule has 0 aliphatic rings. The predicted molar refractivity (Wildman–Crippen MR) is 46.7 cm³/mol. The smallest absolute Gasteiger partial charge is 0.267 e. The minimum absolute atomic E-state index is 0.251. The number of carbonyl (C=O) groups excluding carboxylic acids is 1. The van der Waals surface area contributed by atoms with Crippen molar-refractivity contribution in [2.45, 2.75) is 12.8 Å². The summed E-state index contributed by atoms with van der Waals surface area (Å²) in [7, 11) is 0. The van der Waals surface area contributed by atoms with E-state index in [0.717, 1.165) is 5.56 Å². The number of carbonyl (C=O) groups is 1. The molecule has 1 amide bonds. The molecule has 1 rings (SSSR count). The van der Waals surface area contributed by atoms with E-state index < -0.39 is 5.91 Å². The number of hydrogen-bond acceptors (Lipinski definition) is 3. The maximum absolute atomic E-state index is 10.6. The van der Waals surface area contributed by atoms with E-state index >= 15 is 0 Å². The third kappa shape index (κ3) is 2.56. The van der Waals surface area contributed by atoms with Crippen LogP contribution in [0.2, 0.25) is 0 Å². The fraction of sp³-hybridized carbons (Fsp3) is 0.222. The van der Waals surface area contributed by atoms with Crippen LogP contribution in [0.25, 0.3) is 0 Å². The van der Waals surface area contributed by atoms with Crippen molar-refractivity contribution in [1.82, 2.24) is 4.98 Å². The van der Waals surface area contributed by atoms with E-state index in [4.69, 9.17) is 11.0 Å². The Bertz CT molecular complexity index is 337. The zero-order chi connectivity index (χ0) is 9.68. The molecular formula is C9H9N3O. The van der Waals surface area contributed by atoms with Crippen LogP contribution in [0.4, 0.5) is 0 Å². The molecule has 2 N–H and O–H groups in total. The minimum atomic E-state index is -0.535. The zero-order valence-corrected chi connectivity index (χ0v) is 7.03. The van der Waals surface area contributed by atoms with Crippen molar-refractivity contribution in [3.8, 4) is 6.07 Å². The van der Waals surface area contributed by atoms with Crippen LogP contribution in [0.3, 0.4) is 0 Å². The molecular weight excluding hydrogens is 166 g/mol. The summed E-state index contributed by atoms with van der Waals surface area (Å²) in [6.07, 6.45) is 2.68. The van der Waals surface area contributed by atoms with Gasteiger partial charge in [-0.15, -0.1) is 0 Å². The standard InChI is InChI=1S/C9H9N3O/c10-5-1-2-7-3-4-8(9(11)13)12-6-7/h3-4,6H,1-2H2,(H2,11,13). The van der Waals surface area contributed by atoms with Crippen LogP contribution in [0, 0.1) is 11.3 Å². The first-order chi connectivity index (χ1) is 6.24. The van der Waals surface area contributed by atoms with Gasteiger partial charge in [-0.25, -0.2) is 0 Å². The van der Waals surface area contributed by atoms with Gasteiger partial charge in [0.25, 0.3) is 5.91 Å². The summed E-state index contributed by atoms with van der Waals surface area (Å²) in [5.74, 6) is -0.535. The first-order valence-electron chi connectivity index (χ1n) is 3.85. The highest BCUT2D eigenvalue weighted by Gasteiger charge is 2.00. The molecule has 0 fully saturated rings. The van der Waals surface area contributed by atoms with Crippen molar-refractivity contribution in [2.24, 2.45) is 5.73 Å². The molecule has 0 aromatic carbocycles. The third-order valence-corrected chi connectivity index (χ3v) is 1.60. The summed E-state index contributed by atoms with van der Waals surface area (Å²) in [6, 6.07) is 5.35. The Morgan fingerprint density at radius 1 is 1.62 bits per heavy atom. The van der Waals surface area contributed by atoms with E-state index in [0.29, 0.717) is 12.8 Å². The zero-order valence-electron chi connectivity index (χ0n) is 7.03. The van der Waals surface area contributed by atoms with E-state index in [9.17, 15) is 4.79 Å². The Labute approximate surface area is 76.0 Å². The van der Waals surface area contributed by atoms with Gasteiger partial charge in [-0.3, -0.25) is 9.78 Å². The quantitative estimate of drug-likeness (QED) is 0.731. The van der Waals surface area contributed by atoms with Crippen LogP contribution in [0.5, 0.6) is 0 Å². The Hall–Kier alpha value is -1.89. The molecule has 0 spiro atoms. The number of rotatable bonds is 3. The fourth-order valence-electron chi connectivity index (χ4n) is 0.918. The number of aromatic nitrogens is 1. The highest BCUT2D eigenvalue weighted by Crippen LogP contribution is 2.02. The summed E-state index contributed by atoms with van der Waals surface area (Å²) in [6.45, 7) is 0. The fourth-order valence-corrected chi connectivity index (χ4v) is 0.918. The van der Waals surface area contributed by atoms with Gasteiger partial charge in [0.15, 0.2) is 0 Å². The number of primary amides is 1. The molecule has 0 bridgehead atoms. The largest absolute Gasteiger partial charge is 0.364 e.